The molecule has 1 amide bonds. The van der Waals surface area contributed by atoms with Gasteiger partial charge in [-0.1, -0.05) is 6.07 Å². The fourth-order valence-corrected chi connectivity index (χ4v) is 3.71. The first kappa shape index (κ1) is 17.6. The SMILES string of the molecule is O=C(CNCC1CCCO1)N1CCN(Cc2ccc3c(c2)OCO3)CC1. The molecule has 26 heavy (non-hydrogen) atoms. The van der Waals surface area contributed by atoms with Gasteiger partial charge in [0.15, 0.2) is 11.5 Å². The van der Waals surface area contributed by atoms with Gasteiger partial charge >= 0.3 is 0 Å². The monoisotopic (exact) mass is 361 g/mol. The van der Waals surface area contributed by atoms with Crippen LogP contribution < -0.4 is 14.8 Å². The summed E-state index contributed by atoms with van der Waals surface area (Å²) in [5.41, 5.74) is 1.22. The topological polar surface area (TPSA) is 63.3 Å². The van der Waals surface area contributed by atoms with Crippen molar-refractivity contribution in [2.24, 2.45) is 0 Å². The van der Waals surface area contributed by atoms with Crippen molar-refractivity contribution in [1.82, 2.24) is 15.1 Å². The first-order valence-electron chi connectivity index (χ1n) is 9.49. The molecule has 7 heteroatoms. The van der Waals surface area contributed by atoms with Crippen LogP contribution in [0.25, 0.3) is 0 Å². The normalized spacial score (nSPS) is 22.8. The van der Waals surface area contributed by atoms with Crippen LogP contribution in [0.4, 0.5) is 0 Å². The summed E-state index contributed by atoms with van der Waals surface area (Å²) in [5.74, 6) is 1.83. The van der Waals surface area contributed by atoms with Crippen LogP contribution in [-0.4, -0.2) is 74.5 Å². The van der Waals surface area contributed by atoms with E-state index in [1.165, 1.54) is 5.56 Å². The molecule has 3 aliphatic rings. The number of carbonyl (C=O) groups excluding carboxylic acids is 1. The molecule has 1 atom stereocenters. The van der Waals surface area contributed by atoms with Crippen LogP contribution in [0.15, 0.2) is 18.2 Å². The van der Waals surface area contributed by atoms with Crippen molar-refractivity contribution >= 4 is 5.91 Å². The van der Waals surface area contributed by atoms with E-state index in [-0.39, 0.29) is 12.0 Å². The molecular formula is C19H27N3O4. The third kappa shape index (κ3) is 4.28. The maximum absolute atomic E-state index is 12.3. The maximum Gasteiger partial charge on any atom is 0.236 e. The van der Waals surface area contributed by atoms with Crippen molar-refractivity contribution in [3.8, 4) is 11.5 Å². The quantitative estimate of drug-likeness (QED) is 0.810. The lowest BCUT2D eigenvalue weighted by Crippen LogP contribution is -2.50. The van der Waals surface area contributed by atoms with Gasteiger partial charge in [0.1, 0.15) is 0 Å². The lowest BCUT2D eigenvalue weighted by atomic mass is 10.1. The third-order valence-corrected chi connectivity index (χ3v) is 5.24. The van der Waals surface area contributed by atoms with Crippen molar-refractivity contribution in [2.75, 3.05) is 52.7 Å². The highest BCUT2D eigenvalue weighted by Gasteiger charge is 2.22. The molecule has 0 radical (unpaired) electrons. The van der Waals surface area contributed by atoms with Crippen LogP contribution in [0.2, 0.25) is 0 Å². The van der Waals surface area contributed by atoms with Crippen LogP contribution in [-0.2, 0) is 16.1 Å². The number of ether oxygens (including phenoxy) is 3. The van der Waals surface area contributed by atoms with Gasteiger partial charge < -0.3 is 24.4 Å². The Balaban J connectivity index is 1.18. The number of nitrogens with zero attached hydrogens (tertiary/aromatic N) is 2. The molecule has 2 saturated heterocycles. The van der Waals surface area contributed by atoms with E-state index < -0.39 is 0 Å². The van der Waals surface area contributed by atoms with Crippen LogP contribution in [0.5, 0.6) is 11.5 Å². The summed E-state index contributed by atoms with van der Waals surface area (Å²) in [7, 11) is 0. The number of carbonyl (C=O) groups is 1. The highest BCUT2D eigenvalue weighted by molar-refractivity contribution is 5.78. The average molecular weight is 361 g/mol. The van der Waals surface area contributed by atoms with Gasteiger partial charge in [-0.2, -0.15) is 0 Å². The number of benzene rings is 1. The van der Waals surface area contributed by atoms with Gasteiger partial charge in [-0.25, -0.2) is 0 Å². The summed E-state index contributed by atoms with van der Waals surface area (Å²) in [6.07, 6.45) is 2.51. The molecule has 7 nitrogen and oxygen atoms in total. The molecule has 0 saturated carbocycles. The highest BCUT2D eigenvalue weighted by atomic mass is 16.7. The first-order chi connectivity index (χ1) is 12.8. The molecular weight excluding hydrogens is 334 g/mol. The van der Waals surface area contributed by atoms with E-state index in [2.05, 4.69) is 22.3 Å². The number of amides is 1. The average Bonchev–Trinajstić information content (AvgIpc) is 3.33. The molecule has 3 heterocycles. The Morgan fingerprint density at radius 1 is 1.15 bits per heavy atom. The van der Waals surface area contributed by atoms with Gasteiger partial charge in [-0.05, 0) is 30.5 Å². The molecule has 1 aromatic rings. The van der Waals surface area contributed by atoms with Gasteiger partial charge in [-0.15, -0.1) is 0 Å². The number of nitrogens with one attached hydrogen (secondary N) is 1. The molecule has 0 spiro atoms. The molecule has 0 aromatic heterocycles. The standard InChI is InChI=1S/C19H27N3O4/c23-19(12-20-11-16-2-1-9-24-16)22-7-5-21(6-8-22)13-15-3-4-17-18(10-15)26-14-25-17/h3-4,10,16,20H,1-2,5-9,11-14H2. The van der Waals surface area contributed by atoms with Crippen molar-refractivity contribution in [1.29, 1.82) is 0 Å². The smallest absolute Gasteiger partial charge is 0.236 e. The van der Waals surface area contributed by atoms with Crippen molar-refractivity contribution in [3.05, 3.63) is 23.8 Å². The number of fused-ring (bicyclic) bond motifs is 1. The highest BCUT2D eigenvalue weighted by Crippen LogP contribution is 2.32. The lowest BCUT2D eigenvalue weighted by molar-refractivity contribution is -0.132. The van der Waals surface area contributed by atoms with E-state index in [9.17, 15) is 4.79 Å². The molecule has 142 valence electrons. The Bertz CT molecular complexity index is 625. The number of piperazine rings is 1. The second kappa shape index (κ2) is 8.24. The lowest BCUT2D eigenvalue weighted by Gasteiger charge is -2.35. The first-order valence-corrected chi connectivity index (χ1v) is 9.49. The predicted molar refractivity (Wildman–Crippen MR) is 96.3 cm³/mol. The Morgan fingerprint density at radius 2 is 2.00 bits per heavy atom. The Hall–Kier alpha value is -1.83. The number of hydrogen-bond donors (Lipinski definition) is 1. The fraction of sp³-hybridized carbons (Fsp3) is 0.632. The molecule has 0 bridgehead atoms. The minimum Gasteiger partial charge on any atom is -0.454 e. The maximum atomic E-state index is 12.3. The van der Waals surface area contributed by atoms with Gasteiger partial charge in [-0.3, -0.25) is 9.69 Å². The Labute approximate surface area is 154 Å². The zero-order valence-corrected chi connectivity index (χ0v) is 15.1. The molecule has 1 unspecified atom stereocenters. The van der Waals surface area contributed by atoms with Gasteiger partial charge in [0.05, 0.1) is 12.6 Å². The third-order valence-electron chi connectivity index (χ3n) is 5.24. The molecule has 2 fully saturated rings. The minimum absolute atomic E-state index is 0.186. The Kier molecular flexibility index (Phi) is 5.57. The van der Waals surface area contributed by atoms with Gasteiger partial charge in [0.25, 0.3) is 0 Å². The summed E-state index contributed by atoms with van der Waals surface area (Å²) in [6, 6.07) is 6.10. The molecule has 0 aliphatic carbocycles. The van der Waals surface area contributed by atoms with E-state index in [1.807, 2.05) is 11.0 Å². The van der Waals surface area contributed by atoms with E-state index in [0.717, 1.165) is 70.2 Å². The number of hydrogen-bond acceptors (Lipinski definition) is 6. The van der Waals surface area contributed by atoms with Gasteiger partial charge in [0, 0.05) is 45.9 Å². The Morgan fingerprint density at radius 3 is 2.81 bits per heavy atom. The number of rotatable bonds is 6. The van der Waals surface area contributed by atoms with Gasteiger partial charge in [0.2, 0.25) is 12.7 Å². The summed E-state index contributed by atoms with van der Waals surface area (Å²) >= 11 is 0. The summed E-state index contributed by atoms with van der Waals surface area (Å²) in [4.78, 5) is 16.7. The van der Waals surface area contributed by atoms with Crippen molar-refractivity contribution in [2.45, 2.75) is 25.5 Å². The van der Waals surface area contributed by atoms with Crippen LogP contribution >= 0.6 is 0 Å². The van der Waals surface area contributed by atoms with Crippen molar-refractivity contribution in [3.63, 3.8) is 0 Å². The fourth-order valence-electron chi connectivity index (χ4n) is 3.71. The van der Waals surface area contributed by atoms with Crippen LogP contribution in [0.1, 0.15) is 18.4 Å². The second-order valence-corrected chi connectivity index (χ2v) is 7.11. The molecule has 1 aromatic carbocycles. The van der Waals surface area contributed by atoms with Crippen molar-refractivity contribution < 1.29 is 19.0 Å². The predicted octanol–water partition coefficient (Wildman–Crippen LogP) is 0.828. The van der Waals surface area contributed by atoms with Crippen LogP contribution in [0, 0.1) is 0 Å². The molecule has 1 N–H and O–H groups in total. The van der Waals surface area contributed by atoms with E-state index in [1.54, 1.807) is 0 Å². The zero-order chi connectivity index (χ0) is 17.8. The summed E-state index contributed by atoms with van der Waals surface area (Å²) in [5, 5.41) is 3.24. The van der Waals surface area contributed by atoms with E-state index in [4.69, 9.17) is 14.2 Å². The second-order valence-electron chi connectivity index (χ2n) is 7.11. The molecule has 4 rings (SSSR count). The van der Waals surface area contributed by atoms with Crippen LogP contribution in [0.3, 0.4) is 0 Å². The zero-order valence-electron chi connectivity index (χ0n) is 15.1. The van der Waals surface area contributed by atoms with E-state index >= 15 is 0 Å². The summed E-state index contributed by atoms with van der Waals surface area (Å²) in [6.45, 7) is 6.56. The minimum atomic E-state index is 0.186. The molecule has 3 aliphatic heterocycles. The largest absolute Gasteiger partial charge is 0.454 e. The van der Waals surface area contributed by atoms with E-state index in [0.29, 0.717) is 13.3 Å². The summed E-state index contributed by atoms with van der Waals surface area (Å²) < 4.78 is 16.4.